The van der Waals surface area contributed by atoms with E-state index >= 15 is 0 Å². The molecule has 0 aromatic carbocycles. The van der Waals surface area contributed by atoms with Gasteiger partial charge in [-0.3, -0.25) is 9.69 Å². The summed E-state index contributed by atoms with van der Waals surface area (Å²) in [4.78, 5) is 25.0. The van der Waals surface area contributed by atoms with Gasteiger partial charge in [0, 0.05) is 31.1 Å². The Morgan fingerprint density at radius 1 is 1.42 bits per heavy atom. The van der Waals surface area contributed by atoms with Crippen LogP contribution >= 0.6 is 0 Å². The Balaban J connectivity index is 2.23. The molecule has 0 bridgehead atoms. The van der Waals surface area contributed by atoms with E-state index in [1.807, 2.05) is 4.90 Å². The number of carbonyl (C=O) groups excluding carboxylic acids is 1. The van der Waals surface area contributed by atoms with Gasteiger partial charge in [0.05, 0.1) is 17.8 Å². The molecule has 0 spiro atoms. The highest BCUT2D eigenvalue weighted by atomic mass is 32.2. The van der Waals surface area contributed by atoms with E-state index in [1.165, 1.54) is 6.92 Å². The number of sulfonamides is 1. The Kier molecular flexibility index (Phi) is 6.78. The highest BCUT2D eigenvalue weighted by Crippen LogP contribution is 2.25. The molecule has 4 atom stereocenters. The molecule has 1 aliphatic carbocycles. The molecule has 9 nitrogen and oxygen atoms in total. The van der Waals surface area contributed by atoms with E-state index in [0.29, 0.717) is 13.1 Å². The molecule has 26 heavy (non-hydrogen) atoms. The summed E-state index contributed by atoms with van der Waals surface area (Å²) in [6, 6.07) is -1.57. The fraction of sp³-hybridized carbons (Fsp3) is 0.750. The van der Waals surface area contributed by atoms with Gasteiger partial charge in [0.2, 0.25) is 15.9 Å². The zero-order valence-corrected chi connectivity index (χ0v) is 16.0. The van der Waals surface area contributed by atoms with Crippen LogP contribution in [0.4, 0.5) is 0 Å². The van der Waals surface area contributed by atoms with Crippen LogP contribution in [0.5, 0.6) is 0 Å². The van der Waals surface area contributed by atoms with Crippen LogP contribution in [0.3, 0.4) is 0 Å². The summed E-state index contributed by atoms with van der Waals surface area (Å²) in [5, 5.41) is 12.2. The first-order chi connectivity index (χ1) is 12.1. The van der Waals surface area contributed by atoms with Crippen LogP contribution in [-0.4, -0.2) is 73.3 Å². The number of carboxylic acid groups (broad SMARTS) is 1. The fourth-order valence-corrected chi connectivity index (χ4v) is 4.51. The van der Waals surface area contributed by atoms with Gasteiger partial charge in [-0.2, -0.15) is 0 Å². The maximum atomic E-state index is 11.9. The Morgan fingerprint density at radius 3 is 2.69 bits per heavy atom. The minimum atomic E-state index is -3.32. The molecule has 2 rings (SSSR count). The van der Waals surface area contributed by atoms with Gasteiger partial charge in [0.1, 0.15) is 0 Å². The smallest absolute Gasteiger partial charge is 0.331 e. The van der Waals surface area contributed by atoms with Crippen molar-refractivity contribution in [3.8, 4) is 0 Å². The molecule has 0 radical (unpaired) electrons. The largest absolute Gasteiger partial charge is 0.478 e. The van der Waals surface area contributed by atoms with Crippen LogP contribution < -0.4 is 15.8 Å². The molecule has 2 aliphatic rings. The number of nitrogens with two attached hydrogens (primary N) is 1. The van der Waals surface area contributed by atoms with E-state index in [1.54, 1.807) is 13.0 Å². The molecule has 0 saturated carbocycles. The van der Waals surface area contributed by atoms with Crippen molar-refractivity contribution in [1.82, 2.24) is 14.9 Å². The molecule has 148 valence electrons. The summed E-state index contributed by atoms with van der Waals surface area (Å²) in [6.45, 7) is 4.10. The van der Waals surface area contributed by atoms with Gasteiger partial charge in [0.15, 0.2) is 0 Å². The van der Waals surface area contributed by atoms with Crippen molar-refractivity contribution in [2.75, 3.05) is 18.8 Å². The summed E-state index contributed by atoms with van der Waals surface area (Å²) in [7, 11) is -3.32. The number of hydrogen-bond donors (Lipinski definition) is 4. The first kappa shape index (κ1) is 20.8. The van der Waals surface area contributed by atoms with Crippen LogP contribution in [0.1, 0.15) is 33.1 Å². The van der Waals surface area contributed by atoms with E-state index in [0.717, 1.165) is 12.8 Å². The molecule has 1 amide bonds. The number of carbonyl (C=O) groups is 2. The maximum absolute atomic E-state index is 11.9. The highest BCUT2D eigenvalue weighted by molar-refractivity contribution is 7.89. The second-order valence-electron chi connectivity index (χ2n) is 6.94. The minimum Gasteiger partial charge on any atom is -0.478 e. The summed E-state index contributed by atoms with van der Waals surface area (Å²) in [5.74, 6) is -1.25. The third-order valence-electron chi connectivity index (χ3n) is 4.90. The number of carboxylic acids is 1. The maximum Gasteiger partial charge on any atom is 0.331 e. The number of hydrogen-bond acceptors (Lipinski definition) is 6. The lowest BCUT2D eigenvalue weighted by Crippen LogP contribution is -2.63. The predicted octanol–water partition coefficient (Wildman–Crippen LogP) is -0.995. The topological polar surface area (TPSA) is 142 Å². The second kappa shape index (κ2) is 8.47. The van der Waals surface area contributed by atoms with E-state index in [-0.39, 0.29) is 35.7 Å². The molecule has 1 heterocycles. The molecule has 10 heteroatoms. The van der Waals surface area contributed by atoms with Crippen molar-refractivity contribution < 1.29 is 23.1 Å². The number of piperidine rings is 1. The minimum absolute atomic E-state index is 0.00931. The van der Waals surface area contributed by atoms with E-state index < -0.39 is 28.1 Å². The Hall–Kier alpha value is -1.49. The van der Waals surface area contributed by atoms with Gasteiger partial charge < -0.3 is 16.2 Å². The average Bonchev–Trinajstić information content (AvgIpc) is 2.55. The lowest BCUT2D eigenvalue weighted by atomic mass is 9.85. The summed E-state index contributed by atoms with van der Waals surface area (Å²) < 4.78 is 26.4. The normalized spacial score (nSPS) is 30.5. The monoisotopic (exact) mass is 388 g/mol. The zero-order valence-electron chi connectivity index (χ0n) is 15.1. The number of likely N-dealkylation sites (tertiary alicyclic amines) is 1. The third-order valence-corrected chi connectivity index (χ3v) is 6.35. The van der Waals surface area contributed by atoms with Crippen molar-refractivity contribution >= 4 is 21.9 Å². The fourth-order valence-electron chi connectivity index (χ4n) is 3.64. The van der Waals surface area contributed by atoms with Gasteiger partial charge in [-0.1, -0.05) is 6.08 Å². The number of aliphatic carboxylic acids is 1. The SMILES string of the molecule is CCS(=O)(=O)N[C@H]1CCCN([C@@H]2C=C(C(=O)O)C[C@H](N)[C@H]2NC(C)=O)C1. The Bertz CT molecular complexity index is 678. The van der Waals surface area contributed by atoms with Gasteiger partial charge in [-0.25, -0.2) is 17.9 Å². The number of amides is 1. The van der Waals surface area contributed by atoms with E-state index in [2.05, 4.69) is 10.0 Å². The predicted molar refractivity (Wildman–Crippen MR) is 96.9 cm³/mol. The van der Waals surface area contributed by atoms with Crippen LogP contribution in [0.15, 0.2) is 11.6 Å². The first-order valence-corrected chi connectivity index (χ1v) is 10.5. The van der Waals surface area contributed by atoms with Crippen molar-refractivity contribution in [3.05, 3.63) is 11.6 Å². The molecule has 1 aliphatic heterocycles. The summed E-state index contributed by atoms with van der Waals surface area (Å²) >= 11 is 0. The second-order valence-corrected chi connectivity index (χ2v) is 8.98. The first-order valence-electron chi connectivity index (χ1n) is 8.83. The van der Waals surface area contributed by atoms with Gasteiger partial charge in [-0.05, 0) is 32.7 Å². The highest BCUT2D eigenvalue weighted by Gasteiger charge is 2.38. The van der Waals surface area contributed by atoms with Crippen LogP contribution in [0.25, 0.3) is 0 Å². The van der Waals surface area contributed by atoms with Gasteiger partial charge in [0.25, 0.3) is 0 Å². The van der Waals surface area contributed by atoms with Crippen molar-refractivity contribution in [1.29, 1.82) is 0 Å². The molecule has 1 saturated heterocycles. The quantitative estimate of drug-likeness (QED) is 0.457. The lowest BCUT2D eigenvalue weighted by molar-refractivity contribution is -0.133. The lowest BCUT2D eigenvalue weighted by Gasteiger charge is -2.44. The van der Waals surface area contributed by atoms with E-state index in [4.69, 9.17) is 5.73 Å². The number of nitrogens with zero attached hydrogens (tertiary/aromatic N) is 1. The molecule has 0 unspecified atom stereocenters. The van der Waals surface area contributed by atoms with Crippen molar-refractivity contribution in [3.63, 3.8) is 0 Å². The molecule has 1 fully saturated rings. The number of nitrogens with one attached hydrogen (secondary N) is 2. The molecular formula is C16H28N4O5S. The molecular weight excluding hydrogens is 360 g/mol. The zero-order chi connectivity index (χ0) is 19.5. The van der Waals surface area contributed by atoms with Crippen LogP contribution in [-0.2, 0) is 19.6 Å². The Morgan fingerprint density at radius 2 is 2.12 bits per heavy atom. The Labute approximate surface area is 154 Å². The van der Waals surface area contributed by atoms with E-state index in [9.17, 15) is 23.1 Å². The summed E-state index contributed by atoms with van der Waals surface area (Å²) in [6.07, 6.45) is 3.31. The third kappa shape index (κ3) is 5.26. The number of rotatable bonds is 6. The standard InChI is InChI=1S/C16H28N4O5S/c1-3-26(24,25)19-12-5-4-6-20(9-12)14-8-11(16(22)23)7-13(17)15(14)18-10(2)21/h8,12-15,19H,3-7,9,17H2,1-2H3,(H,18,21)(H,22,23)/t12-,13-,14+,15+/m0/s1. The van der Waals surface area contributed by atoms with Crippen LogP contribution in [0.2, 0.25) is 0 Å². The van der Waals surface area contributed by atoms with Crippen molar-refractivity contribution in [2.24, 2.45) is 5.73 Å². The molecule has 0 aromatic rings. The molecule has 0 aromatic heterocycles. The summed E-state index contributed by atoms with van der Waals surface area (Å²) in [5.41, 5.74) is 6.38. The average molecular weight is 388 g/mol. The van der Waals surface area contributed by atoms with Crippen LogP contribution in [0, 0.1) is 0 Å². The van der Waals surface area contributed by atoms with Gasteiger partial charge in [-0.15, -0.1) is 0 Å². The van der Waals surface area contributed by atoms with Crippen molar-refractivity contribution in [2.45, 2.75) is 57.3 Å². The molecule has 5 N–H and O–H groups in total. The van der Waals surface area contributed by atoms with Gasteiger partial charge >= 0.3 is 5.97 Å².